The molecule has 0 unspecified atom stereocenters. The Morgan fingerprint density at radius 1 is 1.05 bits per heavy atom. The second-order valence-corrected chi connectivity index (χ2v) is 5.70. The molecular weight excluding hydrogens is 234 g/mol. The summed E-state index contributed by atoms with van der Waals surface area (Å²) in [6, 6.07) is 15.2. The molecule has 2 nitrogen and oxygen atoms in total. The van der Waals surface area contributed by atoms with Crippen LogP contribution in [0.1, 0.15) is 25.8 Å². The summed E-state index contributed by atoms with van der Waals surface area (Å²) in [4.78, 5) is 0. The molecule has 102 valence electrons. The molecule has 0 aromatic heterocycles. The molecule has 2 heteroatoms. The summed E-state index contributed by atoms with van der Waals surface area (Å²) >= 11 is 0. The van der Waals surface area contributed by atoms with E-state index < -0.39 is 0 Å². The highest BCUT2D eigenvalue weighted by atomic mass is 16.3. The normalized spacial score (nSPS) is 11.9. The molecule has 0 bridgehead atoms. The van der Waals surface area contributed by atoms with Crippen molar-refractivity contribution in [2.45, 2.75) is 25.7 Å². The number of aliphatic hydroxyl groups excluding tert-OH is 1. The van der Waals surface area contributed by atoms with Crippen molar-refractivity contribution < 1.29 is 5.11 Å². The minimum Gasteiger partial charge on any atom is -0.396 e. The third-order valence-electron chi connectivity index (χ3n) is 3.61. The molecule has 0 spiro atoms. The van der Waals surface area contributed by atoms with Gasteiger partial charge in [0.15, 0.2) is 0 Å². The highest BCUT2D eigenvalue weighted by Gasteiger charge is 2.20. The number of benzene rings is 2. The van der Waals surface area contributed by atoms with Gasteiger partial charge in [0.25, 0.3) is 0 Å². The van der Waals surface area contributed by atoms with Crippen LogP contribution in [0, 0.1) is 0 Å². The summed E-state index contributed by atoms with van der Waals surface area (Å²) in [5.74, 6) is 0. The second kappa shape index (κ2) is 6.18. The smallest absolute Gasteiger partial charge is 0.0443 e. The first-order chi connectivity index (χ1) is 9.13. The zero-order valence-electron chi connectivity index (χ0n) is 11.8. The van der Waals surface area contributed by atoms with E-state index in [9.17, 15) is 0 Å². The Balaban J connectivity index is 2.12. The summed E-state index contributed by atoms with van der Waals surface area (Å²) in [6.45, 7) is 6.55. The van der Waals surface area contributed by atoms with Crippen molar-refractivity contribution in [3.63, 3.8) is 0 Å². The summed E-state index contributed by atoms with van der Waals surface area (Å²) < 4.78 is 0. The van der Waals surface area contributed by atoms with E-state index in [1.807, 2.05) is 0 Å². The van der Waals surface area contributed by atoms with E-state index in [1.54, 1.807) is 0 Å². The minimum absolute atomic E-state index is 0.0967. The zero-order valence-corrected chi connectivity index (χ0v) is 11.8. The molecule has 0 saturated carbocycles. The van der Waals surface area contributed by atoms with Gasteiger partial charge in [-0.05, 0) is 29.3 Å². The number of aliphatic hydroxyl groups is 1. The van der Waals surface area contributed by atoms with Gasteiger partial charge in [0.05, 0.1) is 0 Å². The van der Waals surface area contributed by atoms with E-state index in [1.165, 1.54) is 16.3 Å². The fourth-order valence-electron chi connectivity index (χ4n) is 2.32. The Labute approximate surface area is 115 Å². The first-order valence-electron chi connectivity index (χ1n) is 6.94. The Morgan fingerprint density at radius 3 is 2.53 bits per heavy atom. The Hall–Kier alpha value is -1.38. The zero-order chi connectivity index (χ0) is 13.7. The SMILES string of the molecule is CC(C)(CNCCCO)c1ccc2ccccc2c1. The lowest BCUT2D eigenvalue weighted by Crippen LogP contribution is -2.33. The molecule has 2 N–H and O–H groups in total. The molecule has 0 aliphatic rings. The van der Waals surface area contributed by atoms with Crippen LogP contribution in [0.3, 0.4) is 0 Å². The summed E-state index contributed by atoms with van der Waals surface area (Å²) in [5.41, 5.74) is 1.45. The highest BCUT2D eigenvalue weighted by molar-refractivity contribution is 5.83. The van der Waals surface area contributed by atoms with E-state index >= 15 is 0 Å². The molecule has 0 heterocycles. The van der Waals surface area contributed by atoms with E-state index in [-0.39, 0.29) is 12.0 Å². The van der Waals surface area contributed by atoms with Crippen LogP contribution in [0.25, 0.3) is 10.8 Å². The van der Waals surface area contributed by atoms with E-state index in [4.69, 9.17) is 5.11 Å². The van der Waals surface area contributed by atoms with Gasteiger partial charge < -0.3 is 10.4 Å². The first kappa shape index (κ1) is 14.0. The number of nitrogens with one attached hydrogen (secondary N) is 1. The van der Waals surface area contributed by atoms with Crippen LogP contribution >= 0.6 is 0 Å². The fourth-order valence-corrected chi connectivity index (χ4v) is 2.32. The summed E-state index contributed by atoms with van der Waals surface area (Å²) in [5, 5.41) is 14.8. The standard InChI is InChI=1S/C17H23NO/c1-17(2,13-18-10-5-11-19)16-9-8-14-6-3-4-7-15(14)12-16/h3-4,6-9,12,18-19H,5,10-11,13H2,1-2H3. The van der Waals surface area contributed by atoms with Gasteiger partial charge in [-0.25, -0.2) is 0 Å². The van der Waals surface area contributed by atoms with E-state index in [0.29, 0.717) is 0 Å². The van der Waals surface area contributed by atoms with Crippen LogP contribution in [0.15, 0.2) is 42.5 Å². The third-order valence-corrected chi connectivity index (χ3v) is 3.61. The molecule has 2 rings (SSSR count). The van der Waals surface area contributed by atoms with Gasteiger partial charge >= 0.3 is 0 Å². The van der Waals surface area contributed by atoms with Crippen LogP contribution in [0.5, 0.6) is 0 Å². The maximum Gasteiger partial charge on any atom is 0.0443 e. The van der Waals surface area contributed by atoms with Gasteiger partial charge in [-0.3, -0.25) is 0 Å². The Bertz CT molecular complexity index is 534. The van der Waals surface area contributed by atoms with Crippen molar-refractivity contribution in [2.75, 3.05) is 19.7 Å². The molecule has 19 heavy (non-hydrogen) atoms. The summed E-state index contributed by atoms with van der Waals surface area (Å²) in [7, 11) is 0. The molecule has 0 aliphatic carbocycles. The second-order valence-electron chi connectivity index (χ2n) is 5.70. The van der Waals surface area contributed by atoms with Gasteiger partial charge in [-0.15, -0.1) is 0 Å². The molecule has 2 aromatic rings. The summed E-state index contributed by atoms with van der Waals surface area (Å²) in [6.07, 6.45) is 0.813. The quantitative estimate of drug-likeness (QED) is 0.779. The van der Waals surface area contributed by atoms with Gasteiger partial charge in [-0.2, -0.15) is 0 Å². The van der Waals surface area contributed by atoms with Crippen LogP contribution < -0.4 is 5.32 Å². The number of rotatable bonds is 6. The van der Waals surface area contributed by atoms with Crippen LogP contribution in [-0.2, 0) is 5.41 Å². The fraction of sp³-hybridized carbons (Fsp3) is 0.412. The van der Waals surface area contributed by atoms with Crippen molar-refractivity contribution >= 4 is 10.8 Å². The van der Waals surface area contributed by atoms with Crippen molar-refractivity contribution in [2.24, 2.45) is 0 Å². The molecule has 0 amide bonds. The highest BCUT2D eigenvalue weighted by Crippen LogP contribution is 2.26. The lowest BCUT2D eigenvalue weighted by molar-refractivity contribution is 0.284. The number of hydrogen-bond acceptors (Lipinski definition) is 2. The van der Waals surface area contributed by atoms with Crippen LogP contribution in [0.2, 0.25) is 0 Å². The lowest BCUT2D eigenvalue weighted by atomic mass is 9.83. The van der Waals surface area contributed by atoms with Gasteiger partial charge in [0.1, 0.15) is 0 Å². The molecule has 0 atom stereocenters. The molecule has 0 fully saturated rings. The van der Waals surface area contributed by atoms with Crippen LogP contribution in [0.4, 0.5) is 0 Å². The van der Waals surface area contributed by atoms with Crippen molar-refractivity contribution in [1.29, 1.82) is 0 Å². The third kappa shape index (κ3) is 3.55. The maximum atomic E-state index is 8.79. The first-order valence-corrected chi connectivity index (χ1v) is 6.94. The molecule has 0 aliphatic heterocycles. The van der Waals surface area contributed by atoms with Gasteiger partial charge in [0, 0.05) is 18.6 Å². The van der Waals surface area contributed by atoms with Crippen LogP contribution in [-0.4, -0.2) is 24.8 Å². The monoisotopic (exact) mass is 257 g/mol. The Kier molecular flexibility index (Phi) is 4.56. The predicted octanol–water partition coefficient (Wildman–Crippen LogP) is 3.09. The molecule has 2 aromatic carbocycles. The number of hydrogen-bond donors (Lipinski definition) is 2. The van der Waals surface area contributed by atoms with Gasteiger partial charge in [0.2, 0.25) is 0 Å². The van der Waals surface area contributed by atoms with Crippen molar-refractivity contribution in [1.82, 2.24) is 5.32 Å². The molecule has 0 saturated heterocycles. The van der Waals surface area contributed by atoms with Gasteiger partial charge in [-0.1, -0.05) is 56.3 Å². The predicted molar refractivity (Wildman–Crippen MR) is 81.5 cm³/mol. The number of fused-ring (bicyclic) bond motifs is 1. The minimum atomic E-state index is 0.0967. The topological polar surface area (TPSA) is 32.3 Å². The molecule has 0 radical (unpaired) electrons. The molecular formula is C17H23NO. The average molecular weight is 257 g/mol. The van der Waals surface area contributed by atoms with Crippen molar-refractivity contribution in [3.8, 4) is 0 Å². The lowest BCUT2D eigenvalue weighted by Gasteiger charge is -2.26. The van der Waals surface area contributed by atoms with E-state index in [2.05, 4.69) is 61.6 Å². The average Bonchev–Trinajstić information content (AvgIpc) is 2.43. The maximum absolute atomic E-state index is 8.79. The van der Waals surface area contributed by atoms with Crippen molar-refractivity contribution in [3.05, 3.63) is 48.0 Å². The Morgan fingerprint density at radius 2 is 1.79 bits per heavy atom. The van der Waals surface area contributed by atoms with E-state index in [0.717, 1.165) is 19.5 Å². The largest absolute Gasteiger partial charge is 0.396 e.